The molecule has 3 N–H and O–H groups in total. The van der Waals surface area contributed by atoms with Crippen LogP contribution in [-0.2, 0) is 24.0 Å². The molecule has 4 nitrogen and oxygen atoms in total. The van der Waals surface area contributed by atoms with Crippen molar-refractivity contribution in [2.75, 3.05) is 0 Å². The van der Waals surface area contributed by atoms with Crippen LogP contribution in [0.3, 0.4) is 0 Å². The molecule has 0 unspecified atom stereocenters. The number of hydrogen-bond donors (Lipinski definition) is 3. The largest absolute Gasteiger partial charge is 0.466 e. The van der Waals surface area contributed by atoms with E-state index in [1.54, 1.807) is 0 Å². The van der Waals surface area contributed by atoms with Gasteiger partial charge in [-0.15, -0.1) is 0 Å². The SMILES string of the molecule is O=P(O)(O)O.[B].[Zn]. The summed E-state index contributed by atoms with van der Waals surface area (Å²) in [5, 5.41) is 0. The maximum absolute atomic E-state index is 8.88. The maximum atomic E-state index is 8.88. The zero-order valence-electron chi connectivity index (χ0n) is 3.48. The fraction of sp³-hybridized carbons (Fsp3) is 0. The molecule has 0 aromatic rings. The quantitative estimate of drug-likeness (QED) is 0.315. The second-order valence-corrected chi connectivity index (χ2v) is 1.54. The smallest absolute Gasteiger partial charge is 0.303 e. The number of hydrogen-bond acceptors (Lipinski definition) is 1. The van der Waals surface area contributed by atoms with Crippen molar-refractivity contribution in [2.45, 2.75) is 0 Å². The average molecular weight is 174 g/mol. The van der Waals surface area contributed by atoms with Crippen molar-refractivity contribution in [3.63, 3.8) is 0 Å². The molecule has 0 rings (SSSR count). The van der Waals surface area contributed by atoms with Gasteiger partial charge in [-0.25, -0.2) is 4.57 Å². The van der Waals surface area contributed by atoms with Crippen molar-refractivity contribution in [2.24, 2.45) is 0 Å². The molecule has 0 atom stereocenters. The first-order valence-electron chi connectivity index (χ1n) is 0.783. The summed E-state index contributed by atoms with van der Waals surface area (Å²) in [7, 11) is -4.64. The third kappa shape index (κ3) is 246. The first kappa shape index (κ1) is 15.7. The van der Waals surface area contributed by atoms with Gasteiger partial charge in [-0.1, -0.05) is 0 Å². The van der Waals surface area contributed by atoms with Gasteiger partial charge >= 0.3 is 7.82 Å². The molecule has 37 valence electrons. The molecule has 3 radical (unpaired) electrons. The Bertz CT molecular complexity index is 57.8. The van der Waals surface area contributed by atoms with Gasteiger partial charge in [0, 0.05) is 27.9 Å². The van der Waals surface area contributed by atoms with Crippen LogP contribution in [0.4, 0.5) is 0 Å². The summed E-state index contributed by atoms with van der Waals surface area (Å²) in [6.07, 6.45) is 0. The molecule has 0 aliphatic carbocycles. The van der Waals surface area contributed by atoms with Gasteiger partial charge in [0.1, 0.15) is 0 Å². The van der Waals surface area contributed by atoms with Gasteiger partial charge in [-0.2, -0.15) is 0 Å². The van der Waals surface area contributed by atoms with Crippen molar-refractivity contribution >= 4 is 16.2 Å². The molecule has 0 aromatic heterocycles. The van der Waals surface area contributed by atoms with Crippen LogP contribution in [0.5, 0.6) is 0 Å². The standard InChI is InChI=1S/B.H3O4P.Zn/c;1-5(2,3)4;/h;(H3,1,2,3,4);. The van der Waals surface area contributed by atoms with E-state index < -0.39 is 7.82 Å². The monoisotopic (exact) mass is 173 g/mol. The first-order chi connectivity index (χ1) is 2.00. The molecule has 0 heterocycles. The van der Waals surface area contributed by atoms with Crippen LogP contribution in [0.2, 0.25) is 0 Å². The number of phosphoric acid groups is 1. The Kier molecular flexibility index (Phi) is 11.1. The molecule has 7 heteroatoms. The van der Waals surface area contributed by atoms with Crippen molar-refractivity contribution in [1.82, 2.24) is 0 Å². The summed E-state index contributed by atoms with van der Waals surface area (Å²) in [6, 6.07) is 0. The second kappa shape index (κ2) is 4.95. The van der Waals surface area contributed by atoms with Crippen LogP contribution in [-0.4, -0.2) is 23.1 Å². The predicted octanol–water partition coefficient (Wildman–Crippen LogP) is -1.31. The van der Waals surface area contributed by atoms with Crippen LogP contribution >= 0.6 is 7.82 Å². The summed E-state index contributed by atoms with van der Waals surface area (Å²) >= 11 is 0. The van der Waals surface area contributed by atoms with E-state index >= 15 is 0 Å². The normalized spacial score (nSPS) is 8.43. The summed E-state index contributed by atoms with van der Waals surface area (Å²) in [5.74, 6) is 0. The zero-order valence-corrected chi connectivity index (χ0v) is 7.34. The molecule has 0 saturated heterocycles. The molecule has 0 amide bonds. The van der Waals surface area contributed by atoms with E-state index in [1.165, 1.54) is 0 Å². The molecular formula is H3BO4PZn. The molecule has 0 fully saturated rings. The van der Waals surface area contributed by atoms with E-state index in [0.717, 1.165) is 0 Å². The van der Waals surface area contributed by atoms with Gasteiger partial charge in [0.25, 0.3) is 0 Å². The predicted molar refractivity (Wildman–Crippen MR) is 20.0 cm³/mol. The number of rotatable bonds is 0. The average Bonchev–Trinajstić information content (AvgIpc) is 0.722. The Hall–Kier alpha value is 0.798. The molecule has 0 aliphatic heterocycles. The van der Waals surface area contributed by atoms with E-state index in [1.807, 2.05) is 0 Å². The van der Waals surface area contributed by atoms with Gasteiger partial charge in [-0.05, 0) is 0 Å². The molecule has 7 heavy (non-hydrogen) atoms. The Labute approximate surface area is 55.5 Å². The molecule has 0 aliphatic rings. The summed E-state index contributed by atoms with van der Waals surface area (Å²) in [4.78, 5) is 21.6. The minimum absolute atomic E-state index is 0. The summed E-state index contributed by atoms with van der Waals surface area (Å²) in [6.45, 7) is 0. The van der Waals surface area contributed by atoms with Gasteiger partial charge in [0.05, 0.1) is 0 Å². The minimum atomic E-state index is -4.64. The molecule has 0 spiro atoms. The second-order valence-electron chi connectivity index (χ2n) is 0.513. The van der Waals surface area contributed by atoms with E-state index in [2.05, 4.69) is 0 Å². The Morgan fingerprint density at radius 3 is 1.14 bits per heavy atom. The molecular weight excluding hydrogens is 171 g/mol. The van der Waals surface area contributed by atoms with Crippen molar-refractivity contribution in [3.8, 4) is 0 Å². The topological polar surface area (TPSA) is 77.8 Å². The molecule has 0 bridgehead atoms. The van der Waals surface area contributed by atoms with E-state index in [4.69, 9.17) is 19.2 Å². The Morgan fingerprint density at radius 2 is 1.14 bits per heavy atom. The van der Waals surface area contributed by atoms with Crippen molar-refractivity contribution in [3.05, 3.63) is 0 Å². The minimum Gasteiger partial charge on any atom is -0.303 e. The van der Waals surface area contributed by atoms with Crippen LogP contribution in [0.1, 0.15) is 0 Å². The van der Waals surface area contributed by atoms with Crippen LogP contribution in [0.15, 0.2) is 0 Å². The van der Waals surface area contributed by atoms with Gasteiger partial charge in [0.2, 0.25) is 0 Å². The van der Waals surface area contributed by atoms with E-state index in [9.17, 15) is 0 Å². The van der Waals surface area contributed by atoms with Gasteiger partial charge in [-0.3, -0.25) is 0 Å². The summed E-state index contributed by atoms with van der Waals surface area (Å²) in [5.41, 5.74) is 0. The maximum Gasteiger partial charge on any atom is 0.466 e. The fourth-order valence-corrected chi connectivity index (χ4v) is 0. The van der Waals surface area contributed by atoms with E-state index in [0.29, 0.717) is 0 Å². The first-order valence-corrected chi connectivity index (χ1v) is 2.35. The van der Waals surface area contributed by atoms with E-state index in [-0.39, 0.29) is 27.9 Å². The van der Waals surface area contributed by atoms with Gasteiger partial charge < -0.3 is 14.7 Å². The van der Waals surface area contributed by atoms with Crippen LogP contribution in [0.25, 0.3) is 0 Å². The Morgan fingerprint density at radius 1 is 1.14 bits per heavy atom. The summed E-state index contributed by atoms with van der Waals surface area (Å²) < 4.78 is 8.88. The van der Waals surface area contributed by atoms with Crippen molar-refractivity contribution in [1.29, 1.82) is 0 Å². The fourth-order valence-electron chi connectivity index (χ4n) is 0. The van der Waals surface area contributed by atoms with Crippen LogP contribution in [0, 0.1) is 0 Å². The van der Waals surface area contributed by atoms with Crippen molar-refractivity contribution < 1.29 is 38.7 Å². The molecule has 0 aromatic carbocycles. The third-order valence-electron chi connectivity index (χ3n) is 0. The Balaban J connectivity index is -0.0000000800. The van der Waals surface area contributed by atoms with Gasteiger partial charge in [0.15, 0.2) is 0 Å². The zero-order chi connectivity index (χ0) is 4.50. The van der Waals surface area contributed by atoms with Crippen LogP contribution < -0.4 is 0 Å². The molecule has 0 saturated carbocycles. The third-order valence-corrected chi connectivity index (χ3v) is 0.